The molecule has 0 atom stereocenters. The summed E-state index contributed by atoms with van der Waals surface area (Å²) in [6.07, 6.45) is -9.86. The molecule has 0 saturated heterocycles. The van der Waals surface area contributed by atoms with Crippen molar-refractivity contribution in [2.24, 2.45) is 0 Å². The van der Waals surface area contributed by atoms with Gasteiger partial charge in [0.1, 0.15) is 17.2 Å². The van der Waals surface area contributed by atoms with Gasteiger partial charge in [-0.1, -0.05) is 0 Å². The maximum absolute atomic E-state index is 13.2. The van der Waals surface area contributed by atoms with Gasteiger partial charge in [-0.15, -0.1) is 13.2 Å². The van der Waals surface area contributed by atoms with Crippen LogP contribution in [0.4, 0.5) is 32.0 Å². The molecule has 0 aliphatic rings. The summed E-state index contributed by atoms with van der Waals surface area (Å²) in [6.45, 7) is 0. The Hall–Kier alpha value is -3.44. The van der Waals surface area contributed by atoms with Crippen LogP contribution in [0.5, 0.6) is 17.2 Å². The topological polar surface area (TPSA) is 84.9 Å². The number of alkyl halides is 6. The fraction of sp³-hybridized carbons (Fsp3) is 0.125. The van der Waals surface area contributed by atoms with Crippen molar-refractivity contribution in [2.45, 2.75) is 12.5 Å². The lowest BCUT2D eigenvalue weighted by atomic mass is 10.1. The molecule has 0 aliphatic heterocycles. The van der Waals surface area contributed by atoms with E-state index >= 15 is 0 Å². The summed E-state index contributed by atoms with van der Waals surface area (Å²) < 4.78 is 84.5. The van der Waals surface area contributed by atoms with E-state index in [0.717, 1.165) is 36.4 Å². The van der Waals surface area contributed by atoms with Gasteiger partial charge < -0.3 is 19.9 Å². The van der Waals surface area contributed by atoms with Gasteiger partial charge in [0.25, 0.3) is 0 Å². The molecule has 2 rings (SSSR count). The van der Waals surface area contributed by atoms with Crippen molar-refractivity contribution in [3.05, 3.63) is 48.0 Å². The SMILES string of the molecule is O=C(O)C(=O)Nc1ccc(Oc2ccc(OC(F)(F)F)cc2)cc1C(F)(F)F. The minimum atomic E-state index is -4.95. The van der Waals surface area contributed by atoms with Crippen LogP contribution in [0.2, 0.25) is 0 Å². The third kappa shape index (κ3) is 5.79. The normalized spacial score (nSPS) is 11.6. The molecule has 0 fully saturated rings. The second-order valence-corrected chi connectivity index (χ2v) is 5.09. The first-order valence-electron chi connectivity index (χ1n) is 7.14. The molecule has 0 aromatic heterocycles. The molecule has 1 amide bonds. The van der Waals surface area contributed by atoms with Crippen LogP contribution in [0.25, 0.3) is 0 Å². The summed E-state index contributed by atoms with van der Waals surface area (Å²) in [5.74, 6) is -4.65. The average molecular weight is 409 g/mol. The van der Waals surface area contributed by atoms with Crippen LogP contribution in [0.15, 0.2) is 42.5 Å². The van der Waals surface area contributed by atoms with E-state index in [4.69, 9.17) is 9.84 Å². The maximum atomic E-state index is 13.2. The number of carbonyl (C=O) groups is 2. The molecule has 28 heavy (non-hydrogen) atoms. The Labute approximate surface area is 152 Å². The van der Waals surface area contributed by atoms with Crippen LogP contribution in [-0.4, -0.2) is 23.3 Å². The summed E-state index contributed by atoms with van der Waals surface area (Å²) in [5.41, 5.74) is -2.18. The van der Waals surface area contributed by atoms with E-state index in [2.05, 4.69) is 4.74 Å². The van der Waals surface area contributed by atoms with Gasteiger partial charge in [0.15, 0.2) is 0 Å². The third-order valence-corrected chi connectivity index (χ3v) is 3.03. The first kappa shape index (κ1) is 20.9. The molecule has 0 bridgehead atoms. The number of carboxylic acid groups (broad SMARTS) is 1. The Morgan fingerprint density at radius 1 is 0.857 bits per heavy atom. The number of carbonyl (C=O) groups excluding carboxylic acids is 1. The number of rotatable bonds is 4. The highest BCUT2D eigenvalue weighted by atomic mass is 19.4. The van der Waals surface area contributed by atoms with Gasteiger partial charge in [-0.25, -0.2) is 4.79 Å². The smallest absolute Gasteiger partial charge is 0.474 e. The summed E-state index contributed by atoms with van der Waals surface area (Å²) in [5, 5.41) is 10.1. The van der Waals surface area contributed by atoms with Gasteiger partial charge in [-0.2, -0.15) is 13.2 Å². The van der Waals surface area contributed by atoms with E-state index in [0.29, 0.717) is 6.07 Å². The van der Waals surface area contributed by atoms with Gasteiger partial charge in [0.05, 0.1) is 11.3 Å². The number of aliphatic carboxylic acids is 1. The van der Waals surface area contributed by atoms with Crippen LogP contribution in [0.1, 0.15) is 5.56 Å². The zero-order valence-corrected chi connectivity index (χ0v) is 13.4. The predicted octanol–water partition coefficient (Wildman–Crippen LogP) is 4.42. The summed E-state index contributed by atoms with van der Waals surface area (Å²) >= 11 is 0. The second kappa shape index (κ2) is 7.66. The molecule has 0 radical (unpaired) electrons. The van der Waals surface area contributed by atoms with Crippen molar-refractivity contribution in [1.29, 1.82) is 0 Å². The molecule has 2 aromatic rings. The fourth-order valence-corrected chi connectivity index (χ4v) is 1.95. The highest BCUT2D eigenvalue weighted by molar-refractivity contribution is 6.36. The van der Waals surface area contributed by atoms with Gasteiger partial charge in [0.2, 0.25) is 0 Å². The lowest BCUT2D eigenvalue weighted by Gasteiger charge is -2.15. The molecule has 0 spiro atoms. The van der Waals surface area contributed by atoms with E-state index in [1.165, 1.54) is 0 Å². The molecule has 6 nitrogen and oxygen atoms in total. The summed E-state index contributed by atoms with van der Waals surface area (Å²) in [7, 11) is 0. The summed E-state index contributed by atoms with van der Waals surface area (Å²) in [4.78, 5) is 21.6. The Bertz CT molecular complexity index is 877. The van der Waals surface area contributed by atoms with E-state index in [9.17, 15) is 35.9 Å². The molecule has 0 saturated carbocycles. The molecular weight excluding hydrogens is 400 g/mol. The standard InChI is InChI=1S/C16H9F6NO5/c17-15(18,19)11-7-10(5-6-12(11)23-13(24)14(25)26)27-8-1-3-9(4-2-8)28-16(20,21)22/h1-7H,(H,23,24)(H,25,26). The van der Waals surface area contributed by atoms with E-state index in [1.54, 1.807) is 5.32 Å². The number of ether oxygens (including phenoxy) is 2. The molecule has 0 unspecified atom stereocenters. The minimum Gasteiger partial charge on any atom is -0.474 e. The maximum Gasteiger partial charge on any atom is 0.573 e. The number of hydrogen-bond donors (Lipinski definition) is 2. The minimum absolute atomic E-state index is 0.0926. The monoisotopic (exact) mass is 409 g/mol. The molecule has 0 aliphatic carbocycles. The Kier molecular flexibility index (Phi) is 5.71. The highest BCUT2D eigenvalue weighted by Crippen LogP contribution is 2.38. The zero-order chi connectivity index (χ0) is 21.1. The fourth-order valence-electron chi connectivity index (χ4n) is 1.95. The Balaban J connectivity index is 2.24. The van der Waals surface area contributed by atoms with Crippen LogP contribution in [0.3, 0.4) is 0 Å². The van der Waals surface area contributed by atoms with Crippen molar-refractivity contribution >= 4 is 17.6 Å². The molecule has 2 aromatic carbocycles. The average Bonchev–Trinajstić information content (AvgIpc) is 2.55. The third-order valence-electron chi connectivity index (χ3n) is 3.03. The number of anilines is 1. The Morgan fingerprint density at radius 2 is 1.39 bits per heavy atom. The van der Waals surface area contributed by atoms with Crippen LogP contribution in [-0.2, 0) is 15.8 Å². The van der Waals surface area contributed by atoms with Crippen molar-refractivity contribution in [2.75, 3.05) is 5.32 Å². The van der Waals surface area contributed by atoms with Gasteiger partial charge in [-0.05, 0) is 42.5 Å². The van der Waals surface area contributed by atoms with Crippen LogP contribution in [0, 0.1) is 0 Å². The number of benzene rings is 2. The van der Waals surface area contributed by atoms with Crippen molar-refractivity contribution < 1.29 is 50.5 Å². The lowest BCUT2D eigenvalue weighted by molar-refractivity contribution is -0.274. The predicted molar refractivity (Wildman–Crippen MR) is 80.9 cm³/mol. The molecule has 2 N–H and O–H groups in total. The van der Waals surface area contributed by atoms with Gasteiger partial charge in [-0.3, -0.25) is 4.79 Å². The van der Waals surface area contributed by atoms with Crippen molar-refractivity contribution in [1.82, 2.24) is 0 Å². The zero-order valence-electron chi connectivity index (χ0n) is 13.4. The van der Waals surface area contributed by atoms with Gasteiger partial charge in [0, 0.05) is 0 Å². The van der Waals surface area contributed by atoms with Crippen molar-refractivity contribution in [3.8, 4) is 17.2 Å². The van der Waals surface area contributed by atoms with E-state index in [-0.39, 0.29) is 11.5 Å². The van der Waals surface area contributed by atoms with E-state index < -0.39 is 41.4 Å². The summed E-state index contributed by atoms with van der Waals surface area (Å²) in [6, 6.07) is 6.15. The first-order valence-corrected chi connectivity index (χ1v) is 7.14. The van der Waals surface area contributed by atoms with Crippen molar-refractivity contribution in [3.63, 3.8) is 0 Å². The van der Waals surface area contributed by atoms with E-state index in [1.807, 2.05) is 0 Å². The number of halogens is 6. The second-order valence-electron chi connectivity index (χ2n) is 5.09. The Morgan fingerprint density at radius 3 is 1.89 bits per heavy atom. The van der Waals surface area contributed by atoms with Gasteiger partial charge >= 0.3 is 24.4 Å². The molecule has 150 valence electrons. The molecule has 12 heteroatoms. The lowest BCUT2D eigenvalue weighted by Crippen LogP contribution is -2.23. The first-order chi connectivity index (χ1) is 12.8. The quantitative estimate of drug-likeness (QED) is 0.577. The molecular formula is C16H9F6NO5. The largest absolute Gasteiger partial charge is 0.573 e. The van der Waals surface area contributed by atoms with Crippen LogP contribution >= 0.6 is 0 Å². The number of amides is 1. The highest BCUT2D eigenvalue weighted by Gasteiger charge is 2.35. The number of carboxylic acids is 1. The molecule has 0 heterocycles. The van der Waals surface area contributed by atoms with Crippen LogP contribution < -0.4 is 14.8 Å². The number of nitrogens with one attached hydrogen (secondary N) is 1. The number of hydrogen-bond acceptors (Lipinski definition) is 4.